The Kier molecular flexibility index (Phi) is 2.40. The maximum absolute atomic E-state index is 4.16. The van der Waals surface area contributed by atoms with Gasteiger partial charge in [-0.15, -0.1) is 0 Å². The zero-order chi connectivity index (χ0) is 14.7. The van der Waals surface area contributed by atoms with Crippen LogP contribution in [0.4, 0.5) is 0 Å². The van der Waals surface area contributed by atoms with Crippen molar-refractivity contribution in [3.05, 3.63) is 53.5 Å². The van der Waals surface area contributed by atoms with Gasteiger partial charge in [-0.05, 0) is 36.1 Å². The average molecular weight is 292 g/mol. The van der Waals surface area contributed by atoms with Crippen LogP contribution in [0.25, 0.3) is 10.9 Å². The minimum absolute atomic E-state index is 0.119. The molecule has 2 aliphatic rings. The van der Waals surface area contributed by atoms with Crippen LogP contribution in [0.5, 0.6) is 0 Å². The van der Waals surface area contributed by atoms with E-state index in [-0.39, 0.29) is 5.41 Å². The number of fused-ring (bicyclic) bond motifs is 2. The number of nitrogens with one attached hydrogen (secondary N) is 3. The first-order valence-electron chi connectivity index (χ1n) is 8.07. The Hall–Kier alpha value is -2.07. The van der Waals surface area contributed by atoms with Gasteiger partial charge in [0.1, 0.15) is 0 Å². The zero-order valence-corrected chi connectivity index (χ0v) is 12.7. The summed E-state index contributed by atoms with van der Waals surface area (Å²) in [5.74, 6) is 0.564. The van der Waals surface area contributed by atoms with E-state index in [0.29, 0.717) is 12.0 Å². The molecule has 0 bridgehead atoms. The minimum Gasteiger partial charge on any atom is -0.361 e. The molecule has 3 heterocycles. The number of rotatable bonds is 1. The largest absolute Gasteiger partial charge is 0.361 e. The van der Waals surface area contributed by atoms with Crippen molar-refractivity contribution in [2.24, 2.45) is 0 Å². The third-order valence-corrected chi connectivity index (χ3v) is 5.72. The van der Waals surface area contributed by atoms with Gasteiger partial charge in [0.05, 0.1) is 0 Å². The first kappa shape index (κ1) is 12.5. The van der Waals surface area contributed by atoms with Gasteiger partial charge in [0.25, 0.3) is 0 Å². The molecule has 1 unspecified atom stereocenters. The monoisotopic (exact) mass is 292 g/mol. The lowest BCUT2D eigenvalue weighted by atomic mass is 9.67. The molecular weight excluding hydrogens is 272 g/mol. The van der Waals surface area contributed by atoms with Gasteiger partial charge in [-0.2, -0.15) is 5.10 Å². The normalized spacial score (nSPS) is 30.4. The van der Waals surface area contributed by atoms with Crippen molar-refractivity contribution in [1.29, 1.82) is 0 Å². The first-order valence-corrected chi connectivity index (χ1v) is 8.07. The highest BCUT2D eigenvalue weighted by molar-refractivity contribution is 5.88. The van der Waals surface area contributed by atoms with Crippen LogP contribution < -0.4 is 5.32 Å². The molecule has 112 valence electrons. The summed E-state index contributed by atoms with van der Waals surface area (Å²) in [6.45, 7) is 3.35. The Morgan fingerprint density at radius 1 is 1.27 bits per heavy atom. The predicted molar refractivity (Wildman–Crippen MR) is 87.1 cm³/mol. The lowest BCUT2D eigenvalue weighted by Gasteiger charge is -2.45. The molecule has 1 aliphatic heterocycles. The average Bonchev–Trinajstić information content (AvgIpc) is 3.20. The molecular formula is C18H20N4. The quantitative estimate of drug-likeness (QED) is 0.646. The summed E-state index contributed by atoms with van der Waals surface area (Å²) in [4.78, 5) is 3.43. The van der Waals surface area contributed by atoms with Gasteiger partial charge >= 0.3 is 0 Å². The summed E-state index contributed by atoms with van der Waals surface area (Å²) in [6, 6.07) is 9.35. The topological polar surface area (TPSA) is 56.5 Å². The van der Waals surface area contributed by atoms with E-state index in [1.807, 2.05) is 6.20 Å². The summed E-state index contributed by atoms with van der Waals surface area (Å²) < 4.78 is 0. The van der Waals surface area contributed by atoms with Gasteiger partial charge in [0.15, 0.2) is 0 Å². The lowest BCUT2D eigenvalue weighted by Crippen LogP contribution is -2.52. The molecule has 4 heteroatoms. The predicted octanol–water partition coefficient (Wildman–Crippen LogP) is 2.85. The molecule has 1 saturated heterocycles. The Morgan fingerprint density at radius 3 is 3.09 bits per heavy atom. The van der Waals surface area contributed by atoms with Gasteiger partial charge in [-0.1, -0.05) is 19.1 Å². The minimum atomic E-state index is 0.119. The third-order valence-electron chi connectivity index (χ3n) is 5.72. The highest BCUT2D eigenvalue weighted by Crippen LogP contribution is 2.45. The molecule has 5 rings (SSSR count). The Morgan fingerprint density at radius 2 is 2.23 bits per heavy atom. The van der Waals surface area contributed by atoms with Crippen LogP contribution in [0.1, 0.15) is 36.1 Å². The van der Waals surface area contributed by atoms with E-state index in [9.17, 15) is 0 Å². The second-order valence-corrected chi connectivity index (χ2v) is 7.12. The fraction of sp³-hybridized carbons (Fsp3) is 0.389. The van der Waals surface area contributed by atoms with Crippen LogP contribution in [0.15, 0.2) is 36.7 Å². The number of piperidine rings is 1. The SMILES string of the molecule is CC1(c2ccn[nH]2)CN[C@@H]2Cc3c[nH]c4cccc(c34)[C@H]2C1. The number of benzene rings is 1. The summed E-state index contributed by atoms with van der Waals surface area (Å²) in [7, 11) is 0. The molecule has 1 aromatic carbocycles. The van der Waals surface area contributed by atoms with E-state index in [1.54, 1.807) is 0 Å². The third kappa shape index (κ3) is 1.59. The van der Waals surface area contributed by atoms with Crippen LogP contribution in [0.3, 0.4) is 0 Å². The van der Waals surface area contributed by atoms with Gasteiger partial charge in [0, 0.05) is 52.9 Å². The highest BCUT2D eigenvalue weighted by Gasteiger charge is 2.42. The Labute approximate surface area is 129 Å². The van der Waals surface area contributed by atoms with E-state index >= 15 is 0 Å². The van der Waals surface area contributed by atoms with E-state index < -0.39 is 0 Å². The molecule has 3 N–H and O–H groups in total. The number of H-pyrrole nitrogens is 2. The number of hydrogen-bond acceptors (Lipinski definition) is 2. The maximum Gasteiger partial charge on any atom is 0.0490 e. The summed E-state index contributed by atoms with van der Waals surface area (Å²) in [5, 5.41) is 12.6. The standard InChI is InChI=1S/C18H20N4/c1-18(16-5-6-21-22-16)8-13-12-3-2-4-14-17(12)11(9-19-14)7-15(13)20-10-18/h2-6,9,13,15,19-20H,7-8,10H2,1H3,(H,21,22)/t13-,15-,18?/m1/s1. The Bertz CT molecular complexity index is 832. The molecule has 1 aliphatic carbocycles. The van der Waals surface area contributed by atoms with Crippen molar-refractivity contribution in [1.82, 2.24) is 20.5 Å². The van der Waals surface area contributed by atoms with Crippen LogP contribution in [0, 0.1) is 0 Å². The fourth-order valence-corrected chi connectivity index (χ4v) is 4.53. The molecule has 22 heavy (non-hydrogen) atoms. The molecule has 0 amide bonds. The van der Waals surface area contributed by atoms with Gasteiger partial charge in [-0.25, -0.2) is 0 Å². The smallest absolute Gasteiger partial charge is 0.0490 e. The van der Waals surface area contributed by atoms with Crippen molar-refractivity contribution >= 4 is 10.9 Å². The van der Waals surface area contributed by atoms with Crippen molar-refractivity contribution in [2.75, 3.05) is 6.54 Å². The van der Waals surface area contributed by atoms with Gasteiger partial charge in [-0.3, -0.25) is 5.10 Å². The van der Waals surface area contributed by atoms with Gasteiger partial charge < -0.3 is 10.3 Å². The van der Waals surface area contributed by atoms with Crippen LogP contribution in [-0.4, -0.2) is 27.8 Å². The fourth-order valence-electron chi connectivity index (χ4n) is 4.53. The zero-order valence-electron chi connectivity index (χ0n) is 12.7. The Balaban J connectivity index is 1.62. The second-order valence-electron chi connectivity index (χ2n) is 7.12. The van der Waals surface area contributed by atoms with Gasteiger partial charge in [0.2, 0.25) is 0 Å². The summed E-state index contributed by atoms with van der Waals surface area (Å²) in [6.07, 6.45) is 6.34. The highest BCUT2D eigenvalue weighted by atomic mass is 15.1. The molecule has 0 radical (unpaired) electrons. The van der Waals surface area contributed by atoms with Crippen molar-refractivity contribution in [3.63, 3.8) is 0 Å². The molecule has 2 aromatic heterocycles. The summed E-state index contributed by atoms with van der Waals surface area (Å²) >= 11 is 0. The molecule has 3 atom stereocenters. The maximum atomic E-state index is 4.16. The van der Waals surface area contributed by atoms with Crippen LogP contribution >= 0.6 is 0 Å². The lowest BCUT2D eigenvalue weighted by molar-refractivity contribution is 0.239. The molecule has 0 spiro atoms. The molecule has 4 nitrogen and oxygen atoms in total. The molecule has 1 fully saturated rings. The summed E-state index contributed by atoms with van der Waals surface area (Å²) in [5.41, 5.74) is 5.60. The number of nitrogens with zero attached hydrogens (tertiary/aromatic N) is 1. The van der Waals surface area contributed by atoms with E-state index in [1.165, 1.54) is 27.7 Å². The van der Waals surface area contributed by atoms with Crippen molar-refractivity contribution < 1.29 is 0 Å². The number of hydrogen-bond donors (Lipinski definition) is 3. The van der Waals surface area contributed by atoms with E-state index in [0.717, 1.165) is 19.4 Å². The van der Waals surface area contributed by atoms with E-state index in [4.69, 9.17) is 0 Å². The number of aromatic nitrogens is 3. The van der Waals surface area contributed by atoms with E-state index in [2.05, 4.69) is 57.9 Å². The van der Waals surface area contributed by atoms with Crippen molar-refractivity contribution in [2.45, 2.75) is 37.1 Å². The van der Waals surface area contributed by atoms with Crippen LogP contribution in [-0.2, 0) is 11.8 Å². The molecule has 3 aromatic rings. The first-order chi connectivity index (χ1) is 10.7. The van der Waals surface area contributed by atoms with Crippen molar-refractivity contribution in [3.8, 4) is 0 Å². The second kappa shape index (κ2) is 4.23. The number of aromatic amines is 2. The van der Waals surface area contributed by atoms with Crippen LogP contribution in [0.2, 0.25) is 0 Å². The molecule has 0 saturated carbocycles.